The van der Waals surface area contributed by atoms with Gasteiger partial charge < -0.3 is 14.8 Å². The third-order valence-corrected chi connectivity index (χ3v) is 4.40. The van der Waals surface area contributed by atoms with Gasteiger partial charge in [-0.3, -0.25) is 9.69 Å². The highest BCUT2D eigenvalue weighted by atomic mass is 16.5. The fraction of sp³-hybridized carbons (Fsp3) is 0.611. The zero-order chi connectivity index (χ0) is 17.0. The molecule has 0 saturated carbocycles. The summed E-state index contributed by atoms with van der Waals surface area (Å²) in [4.78, 5) is 14.5. The first-order valence-electron chi connectivity index (χ1n) is 8.24. The number of rotatable bonds is 5. The normalized spacial score (nSPS) is 16.4. The summed E-state index contributed by atoms with van der Waals surface area (Å²) in [6, 6.07) is 4.19. The summed E-state index contributed by atoms with van der Waals surface area (Å²) >= 11 is 0. The maximum atomic E-state index is 12.2. The number of hydrogen-bond acceptors (Lipinski definition) is 4. The van der Waals surface area contributed by atoms with E-state index in [2.05, 4.69) is 22.3 Å². The molecule has 0 saturated heterocycles. The molecule has 0 aliphatic carbocycles. The highest BCUT2D eigenvalue weighted by molar-refractivity contribution is 5.81. The van der Waals surface area contributed by atoms with Gasteiger partial charge >= 0.3 is 0 Å². The van der Waals surface area contributed by atoms with Crippen molar-refractivity contribution in [1.82, 2.24) is 10.2 Å². The van der Waals surface area contributed by atoms with E-state index in [0.29, 0.717) is 0 Å². The molecule has 1 aliphatic rings. The molecule has 5 heteroatoms. The molecule has 2 rings (SSSR count). The van der Waals surface area contributed by atoms with Crippen LogP contribution < -0.4 is 14.8 Å². The van der Waals surface area contributed by atoms with Gasteiger partial charge in [-0.25, -0.2) is 0 Å². The Balaban J connectivity index is 2.12. The number of carbonyl (C=O) groups excluding carboxylic acids is 1. The predicted octanol–water partition coefficient (Wildman–Crippen LogP) is 2.02. The lowest BCUT2D eigenvalue weighted by molar-refractivity contribution is -0.126. The second kappa shape index (κ2) is 7.68. The summed E-state index contributed by atoms with van der Waals surface area (Å²) in [5, 5.41) is 3.00. The number of amides is 1. The summed E-state index contributed by atoms with van der Waals surface area (Å²) in [6.45, 7) is 7.70. The van der Waals surface area contributed by atoms with E-state index < -0.39 is 0 Å². The SMILES string of the molecule is COc1cc2c(cc1OC)CCN(C(C)C(=O)NC(C)C)CC2. The zero-order valence-electron chi connectivity index (χ0n) is 14.8. The molecule has 1 amide bonds. The van der Waals surface area contributed by atoms with Gasteiger partial charge in [-0.15, -0.1) is 0 Å². The van der Waals surface area contributed by atoms with E-state index >= 15 is 0 Å². The highest BCUT2D eigenvalue weighted by Crippen LogP contribution is 2.32. The Hall–Kier alpha value is -1.75. The van der Waals surface area contributed by atoms with Crippen LogP contribution in [0.1, 0.15) is 31.9 Å². The molecule has 0 aromatic heterocycles. The third-order valence-electron chi connectivity index (χ3n) is 4.40. The second-order valence-electron chi connectivity index (χ2n) is 6.35. The van der Waals surface area contributed by atoms with Crippen LogP contribution in [0, 0.1) is 0 Å². The third kappa shape index (κ3) is 4.16. The van der Waals surface area contributed by atoms with Gasteiger partial charge in [0.1, 0.15) is 0 Å². The van der Waals surface area contributed by atoms with Gasteiger partial charge in [-0.2, -0.15) is 0 Å². The van der Waals surface area contributed by atoms with Crippen molar-refractivity contribution in [3.8, 4) is 11.5 Å². The van der Waals surface area contributed by atoms with Crippen molar-refractivity contribution >= 4 is 5.91 Å². The first-order valence-corrected chi connectivity index (χ1v) is 8.24. The molecule has 0 radical (unpaired) electrons. The number of fused-ring (bicyclic) bond motifs is 1. The smallest absolute Gasteiger partial charge is 0.237 e. The molecule has 1 aromatic rings. The number of carbonyl (C=O) groups is 1. The molecule has 0 bridgehead atoms. The minimum atomic E-state index is -0.115. The average Bonchev–Trinajstić information content (AvgIpc) is 2.73. The molecular weight excluding hydrogens is 292 g/mol. The van der Waals surface area contributed by atoms with Gasteiger partial charge in [-0.1, -0.05) is 0 Å². The molecule has 1 atom stereocenters. The standard InChI is InChI=1S/C18H28N2O3/c1-12(2)19-18(21)13(3)20-8-6-14-10-16(22-4)17(23-5)11-15(14)7-9-20/h10-13H,6-9H2,1-5H3,(H,19,21). The molecule has 128 valence electrons. The van der Waals surface area contributed by atoms with Gasteiger partial charge in [0.15, 0.2) is 11.5 Å². The van der Waals surface area contributed by atoms with Gasteiger partial charge in [-0.05, 0) is 56.9 Å². The largest absolute Gasteiger partial charge is 0.493 e. The molecule has 1 heterocycles. The number of benzene rings is 1. The topological polar surface area (TPSA) is 50.8 Å². The number of methoxy groups -OCH3 is 2. The number of hydrogen-bond donors (Lipinski definition) is 1. The van der Waals surface area contributed by atoms with Crippen molar-refractivity contribution in [2.45, 2.75) is 45.7 Å². The molecule has 1 aromatic carbocycles. The molecular formula is C18H28N2O3. The zero-order valence-corrected chi connectivity index (χ0v) is 14.8. The Bertz CT molecular complexity index is 522. The quantitative estimate of drug-likeness (QED) is 0.902. The van der Waals surface area contributed by atoms with Crippen LogP contribution in [0.4, 0.5) is 0 Å². The minimum absolute atomic E-state index is 0.0983. The Morgan fingerprint density at radius 2 is 1.52 bits per heavy atom. The van der Waals surface area contributed by atoms with E-state index in [0.717, 1.165) is 37.4 Å². The lowest BCUT2D eigenvalue weighted by Crippen LogP contribution is -2.47. The van der Waals surface area contributed by atoms with Crippen LogP contribution in [0.3, 0.4) is 0 Å². The van der Waals surface area contributed by atoms with E-state index in [1.54, 1.807) is 14.2 Å². The van der Waals surface area contributed by atoms with Gasteiger partial charge in [0.05, 0.1) is 20.3 Å². The summed E-state index contributed by atoms with van der Waals surface area (Å²) in [5.74, 6) is 1.64. The fourth-order valence-corrected chi connectivity index (χ4v) is 3.03. The lowest BCUT2D eigenvalue weighted by Gasteiger charge is -2.27. The summed E-state index contributed by atoms with van der Waals surface area (Å²) in [6.07, 6.45) is 1.82. The summed E-state index contributed by atoms with van der Waals surface area (Å²) in [5.41, 5.74) is 2.56. The van der Waals surface area contributed by atoms with Crippen molar-refractivity contribution in [3.63, 3.8) is 0 Å². The highest BCUT2D eigenvalue weighted by Gasteiger charge is 2.24. The van der Waals surface area contributed by atoms with Crippen LogP contribution >= 0.6 is 0 Å². The van der Waals surface area contributed by atoms with Crippen molar-refractivity contribution in [3.05, 3.63) is 23.3 Å². The number of ether oxygens (including phenoxy) is 2. The van der Waals surface area contributed by atoms with Crippen LogP contribution in [0.2, 0.25) is 0 Å². The fourth-order valence-electron chi connectivity index (χ4n) is 3.03. The Kier molecular flexibility index (Phi) is 5.88. The number of nitrogens with one attached hydrogen (secondary N) is 1. The van der Waals surface area contributed by atoms with E-state index in [-0.39, 0.29) is 18.0 Å². The predicted molar refractivity (Wildman–Crippen MR) is 91.3 cm³/mol. The van der Waals surface area contributed by atoms with Crippen LogP contribution in [0.25, 0.3) is 0 Å². The minimum Gasteiger partial charge on any atom is -0.493 e. The van der Waals surface area contributed by atoms with Crippen LogP contribution in [-0.2, 0) is 17.6 Å². The van der Waals surface area contributed by atoms with E-state index in [1.165, 1.54) is 11.1 Å². The lowest BCUT2D eigenvalue weighted by atomic mass is 10.0. The van der Waals surface area contributed by atoms with Gasteiger partial charge in [0, 0.05) is 19.1 Å². The average molecular weight is 320 g/mol. The van der Waals surface area contributed by atoms with Crippen LogP contribution in [0.15, 0.2) is 12.1 Å². The van der Waals surface area contributed by atoms with E-state index in [1.807, 2.05) is 20.8 Å². The molecule has 1 unspecified atom stereocenters. The molecule has 5 nitrogen and oxygen atoms in total. The monoisotopic (exact) mass is 320 g/mol. The Morgan fingerprint density at radius 1 is 1.04 bits per heavy atom. The molecule has 23 heavy (non-hydrogen) atoms. The van der Waals surface area contributed by atoms with E-state index in [4.69, 9.17) is 9.47 Å². The molecule has 0 spiro atoms. The van der Waals surface area contributed by atoms with Gasteiger partial charge in [0.2, 0.25) is 5.91 Å². The number of nitrogens with zero attached hydrogens (tertiary/aromatic N) is 1. The molecule has 0 fully saturated rings. The van der Waals surface area contributed by atoms with Crippen molar-refractivity contribution in [2.75, 3.05) is 27.3 Å². The maximum Gasteiger partial charge on any atom is 0.237 e. The second-order valence-corrected chi connectivity index (χ2v) is 6.35. The van der Waals surface area contributed by atoms with Crippen LogP contribution in [0.5, 0.6) is 11.5 Å². The first-order chi connectivity index (χ1) is 11.0. The van der Waals surface area contributed by atoms with E-state index in [9.17, 15) is 4.79 Å². The van der Waals surface area contributed by atoms with Crippen molar-refractivity contribution in [2.24, 2.45) is 0 Å². The van der Waals surface area contributed by atoms with Gasteiger partial charge in [0.25, 0.3) is 0 Å². The summed E-state index contributed by atoms with van der Waals surface area (Å²) < 4.78 is 10.8. The Morgan fingerprint density at radius 3 is 1.91 bits per heavy atom. The molecule has 1 N–H and O–H groups in total. The first kappa shape index (κ1) is 17.6. The van der Waals surface area contributed by atoms with Crippen molar-refractivity contribution in [1.29, 1.82) is 0 Å². The molecule has 1 aliphatic heterocycles. The summed E-state index contributed by atoms with van der Waals surface area (Å²) in [7, 11) is 3.32. The maximum absolute atomic E-state index is 12.2. The Labute approximate surface area is 139 Å². The van der Waals surface area contributed by atoms with Crippen molar-refractivity contribution < 1.29 is 14.3 Å². The van der Waals surface area contributed by atoms with Crippen LogP contribution in [-0.4, -0.2) is 50.2 Å².